The van der Waals surface area contributed by atoms with Gasteiger partial charge < -0.3 is 20.5 Å². The number of carboxylic acid groups (broad SMARTS) is 1. The molecule has 35 heavy (non-hydrogen) atoms. The van der Waals surface area contributed by atoms with E-state index in [-0.39, 0.29) is 37.3 Å². The summed E-state index contributed by atoms with van der Waals surface area (Å²) in [6.45, 7) is 0.365. The van der Waals surface area contributed by atoms with E-state index < -0.39 is 23.5 Å². The number of benzene rings is 2. The lowest BCUT2D eigenvalue weighted by molar-refractivity contribution is -0.144. The summed E-state index contributed by atoms with van der Waals surface area (Å²) < 4.78 is 5.68. The van der Waals surface area contributed by atoms with Gasteiger partial charge in [0.15, 0.2) is 0 Å². The van der Waals surface area contributed by atoms with Gasteiger partial charge in [0.05, 0.1) is 11.5 Å². The van der Waals surface area contributed by atoms with Gasteiger partial charge in [0.2, 0.25) is 5.91 Å². The van der Waals surface area contributed by atoms with E-state index in [1.165, 1.54) is 11.1 Å². The fourth-order valence-electron chi connectivity index (χ4n) is 5.69. The first kappa shape index (κ1) is 23.4. The van der Waals surface area contributed by atoms with E-state index >= 15 is 0 Å². The number of nitrogens with one attached hydrogen (secondary N) is 2. The van der Waals surface area contributed by atoms with Crippen molar-refractivity contribution >= 4 is 18.0 Å². The molecule has 0 aromatic heterocycles. The van der Waals surface area contributed by atoms with Crippen LogP contribution in [0.2, 0.25) is 0 Å². The van der Waals surface area contributed by atoms with Gasteiger partial charge in [-0.15, -0.1) is 0 Å². The fraction of sp³-hybridized carbons (Fsp3) is 0.464. The monoisotopic (exact) mass is 476 g/mol. The summed E-state index contributed by atoms with van der Waals surface area (Å²) in [5.41, 5.74) is 4.02. The van der Waals surface area contributed by atoms with Crippen molar-refractivity contribution in [3.8, 4) is 11.1 Å². The standard InChI is InChI=1S/C28H32N2O5/c31-25(29-16-23(26(32)33)18-7-5-8-18)15-28(13-6-14-28)30-27(34)35-17-24-21-11-3-1-9-19(21)20-10-2-4-12-22(20)24/h1-4,9-12,18,23-24H,5-8,13-17H2,(H,29,31)(H,30,34)(H,32,33). The topological polar surface area (TPSA) is 105 Å². The molecule has 184 valence electrons. The molecular formula is C28H32N2O5. The zero-order valence-electron chi connectivity index (χ0n) is 19.8. The van der Waals surface area contributed by atoms with Crippen LogP contribution in [0, 0.1) is 11.8 Å². The maximum absolute atomic E-state index is 12.8. The third-order valence-electron chi connectivity index (χ3n) is 8.08. The lowest BCUT2D eigenvalue weighted by Crippen LogP contribution is -2.56. The number of hydrogen-bond donors (Lipinski definition) is 3. The van der Waals surface area contributed by atoms with Crippen LogP contribution in [-0.4, -0.2) is 41.8 Å². The number of amides is 2. The van der Waals surface area contributed by atoms with Crippen LogP contribution in [-0.2, 0) is 14.3 Å². The van der Waals surface area contributed by atoms with Gasteiger partial charge in [0.1, 0.15) is 6.61 Å². The second-order valence-corrected chi connectivity index (χ2v) is 10.2. The molecule has 1 unspecified atom stereocenters. The van der Waals surface area contributed by atoms with Gasteiger partial charge in [-0.1, -0.05) is 55.0 Å². The van der Waals surface area contributed by atoms with Crippen LogP contribution in [0.5, 0.6) is 0 Å². The Morgan fingerprint density at radius 3 is 2.11 bits per heavy atom. The van der Waals surface area contributed by atoms with Gasteiger partial charge in [0.25, 0.3) is 0 Å². The number of hydrogen-bond acceptors (Lipinski definition) is 4. The third kappa shape index (κ3) is 4.77. The zero-order chi connectivity index (χ0) is 24.4. The quantitative estimate of drug-likeness (QED) is 0.496. The Morgan fingerprint density at radius 2 is 1.60 bits per heavy atom. The minimum atomic E-state index is -0.856. The van der Waals surface area contributed by atoms with Crippen molar-refractivity contribution in [1.82, 2.24) is 10.6 Å². The number of carboxylic acids is 1. The van der Waals surface area contributed by atoms with E-state index in [1.807, 2.05) is 24.3 Å². The molecule has 2 amide bonds. The number of carbonyl (C=O) groups excluding carboxylic acids is 2. The molecule has 7 nitrogen and oxygen atoms in total. The zero-order valence-corrected chi connectivity index (χ0v) is 19.8. The van der Waals surface area contributed by atoms with E-state index in [0.29, 0.717) is 12.8 Å². The van der Waals surface area contributed by atoms with E-state index in [0.717, 1.165) is 36.8 Å². The third-order valence-corrected chi connectivity index (χ3v) is 8.08. The smallest absolute Gasteiger partial charge is 0.407 e. The SMILES string of the molecule is O=C(CC1(NC(=O)OCC2c3ccccc3-c3ccccc32)CCC1)NCC(C(=O)O)C1CCC1. The van der Waals surface area contributed by atoms with Crippen LogP contribution < -0.4 is 10.6 Å². The Balaban J connectivity index is 1.16. The van der Waals surface area contributed by atoms with Crippen LogP contribution in [0.15, 0.2) is 48.5 Å². The first-order valence-corrected chi connectivity index (χ1v) is 12.6. The van der Waals surface area contributed by atoms with Crippen molar-refractivity contribution in [1.29, 1.82) is 0 Å². The van der Waals surface area contributed by atoms with E-state index in [1.54, 1.807) is 0 Å². The lowest BCUT2D eigenvalue weighted by Gasteiger charge is -2.41. The van der Waals surface area contributed by atoms with E-state index in [2.05, 4.69) is 34.9 Å². The van der Waals surface area contributed by atoms with Gasteiger partial charge in [-0.25, -0.2) is 4.79 Å². The normalized spacial score (nSPS) is 18.9. The van der Waals surface area contributed by atoms with Gasteiger partial charge in [0, 0.05) is 18.9 Å². The molecule has 0 radical (unpaired) electrons. The van der Waals surface area contributed by atoms with Crippen molar-refractivity contribution in [2.45, 2.75) is 56.4 Å². The molecule has 0 heterocycles. The minimum absolute atomic E-state index is 0.0201. The Kier molecular flexibility index (Phi) is 6.50. The van der Waals surface area contributed by atoms with Crippen LogP contribution in [0.4, 0.5) is 4.79 Å². The summed E-state index contributed by atoms with van der Waals surface area (Å²) in [5.74, 6) is -1.50. The molecular weight excluding hydrogens is 444 g/mol. The number of ether oxygens (including phenoxy) is 1. The van der Waals surface area contributed by atoms with Gasteiger partial charge in [-0.2, -0.15) is 0 Å². The van der Waals surface area contributed by atoms with Crippen LogP contribution in [0.3, 0.4) is 0 Å². The second kappa shape index (κ2) is 9.72. The molecule has 2 saturated carbocycles. The molecule has 3 aliphatic carbocycles. The summed E-state index contributed by atoms with van der Waals surface area (Å²) in [5, 5.41) is 15.2. The molecule has 3 aliphatic rings. The van der Waals surface area contributed by atoms with Crippen LogP contribution in [0.25, 0.3) is 11.1 Å². The van der Waals surface area contributed by atoms with Crippen LogP contribution in [0.1, 0.15) is 62.0 Å². The van der Waals surface area contributed by atoms with Gasteiger partial charge in [-0.3, -0.25) is 9.59 Å². The Bertz CT molecular complexity index is 1080. The molecule has 0 spiro atoms. The molecule has 7 heteroatoms. The molecule has 1 atom stereocenters. The maximum atomic E-state index is 12.8. The average molecular weight is 477 g/mol. The van der Waals surface area contributed by atoms with E-state index in [4.69, 9.17) is 4.74 Å². The molecule has 2 aromatic rings. The molecule has 0 bridgehead atoms. The van der Waals surface area contributed by atoms with Crippen molar-refractivity contribution < 1.29 is 24.2 Å². The summed E-state index contributed by atoms with van der Waals surface area (Å²) in [4.78, 5) is 37.0. The summed E-state index contributed by atoms with van der Waals surface area (Å²) in [6.07, 6.45) is 4.81. The summed E-state index contributed by atoms with van der Waals surface area (Å²) >= 11 is 0. The largest absolute Gasteiger partial charge is 0.481 e. The number of aliphatic carboxylic acids is 1. The molecule has 2 fully saturated rings. The predicted molar refractivity (Wildman–Crippen MR) is 131 cm³/mol. The van der Waals surface area contributed by atoms with Gasteiger partial charge >= 0.3 is 12.1 Å². The first-order chi connectivity index (χ1) is 17.0. The highest BCUT2D eigenvalue weighted by atomic mass is 16.5. The Hall–Kier alpha value is -3.35. The Labute approximate surface area is 205 Å². The summed E-state index contributed by atoms with van der Waals surface area (Å²) in [7, 11) is 0. The van der Waals surface area contributed by atoms with Crippen molar-refractivity contribution in [2.75, 3.05) is 13.2 Å². The maximum Gasteiger partial charge on any atom is 0.407 e. The number of rotatable bonds is 9. The Morgan fingerprint density at radius 1 is 0.971 bits per heavy atom. The molecule has 0 aliphatic heterocycles. The highest BCUT2D eigenvalue weighted by Gasteiger charge is 2.41. The second-order valence-electron chi connectivity index (χ2n) is 10.2. The predicted octanol–water partition coefficient (Wildman–Crippen LogP) is 4.46. The fourth-order valence-corrected chi connectivity index (χ4v) is 5.69. The lowest BCUT2D eigenvalue weighted by atomic mass is 9.74. The average Bonchev–Trinajstić information content (AvgIpc) is 3.11. The molecule has 3 N–H and O–H groups in total. The molecule has 0 saturated heterocycles. The van der Waals surface area contributed by atoms with Crippen LogP contribution >= 0.6 is 0 Å². The van der Waals surface area contributed by atoms with E-state index in [9.17, 15) is 19.5 Å². The first-order valence-electron chi connectivity index (χ1n) is 12.6. The minimum Gasteiger partial charge on any atom is -0.481 e. The van der Waals surface area contributed by atoms with Crippen molar-refractivity contribution in [3.05, 3.63) is 59.7 Å². The summed E-state index contributed by atoms with van der Waals surface area (Å²) in [6, 6.07) is 16.4. The number of alkyl carbamates (subject to hydrolysis) is 1. The number of carbonyl (C=O) groups is 3. The van der Waals surface area contributed by atoms with Crippen molar-refractivity contribution in [2.24, 2.45) is 11.8 Å². The molecule has 2 aromatic carbocycles. The molecule has 5 rings (SSSR count). The highest BCUT2D eigenvalue weighted by Crippen LogP contribution is 2.44. The van der Waals surface area contributed by atoms with Crippen molar-refractivity contribution in [3.63, 3.8) is 0 Å². The highest BCUT2D eigenvalue weighted by molar-refractivity contribution is 5.81. The number of fused-ring (bicyclic) bond motifs is 3. The van der Waals surface area contributed by atoms with Gasteiger partial charge in [-0.05, 0) is 60.3 Å².